The molecule has 2 aliphatic heterocycles. The number of aromatic nitrogens is 3. The Labute approximate surface area is 159 Å². The Kier molecular flexibility index (Phi) is 4.28. The van der Waals surface area contributed by atoms with Crippen LogP contribution in [0.3, 0.4) is 0 Å². The number of nitrogens with one attached hydrogen (secondary N) is 1. The summed E-state index contributed by atoms with van der Waals surface area (Å²) < 4.78 is 29.4. The molecule has 0 saturated carbocycles. The number of aliphatic imine (C=N–C) groups is 1. The first-order valence-electron chi connectivity index (χ1n) is 8.91. The summed E-state index contributed by atoms with van der Waals surface area (Å²) >= 11 is 0. The molecule has 0 bridgehead atoms. The summed E-state index contributed by atoms with van der Waals surface area (Å²) in [6.07, 6.45) is 4.38. The Morgan fingerprint density at radius 1 is 1.46 bits per heavy atom. The van der Waals surface area contributed by atoms with Crippen molar-refractivity contribution in [1.82, 2.24) is 24.8 Å². The van der Waals surface area contributed by atoms with Crippen LogP contribution in [0.25, 0.3) is 11.0 Å². The summed E-state index contributed by atoms with van der Waals surface area (Å²) in [5, 5.41) is 13.0. The van der Waals surface area contributed by atoms with Gasteiger partial charge < -0.3 is 19.9 Å². The normalized spacial score (nSPS) is 21.8. The Bertz CT molecular complexity index is 1010. The van der Waals surface area contributed by atoms with E-state index in [9.17, 15) is 18.7 Å². The molecule has 1 saturated heterocycles. The van der Waals surface area contributed by atoms with Crippen molar-refractivity contribution >= 4 is 23.0 Å². The predicted molar refractivity (Wildman–Crippen MR) is 98.3 cm³/mol. The smallest absolute Gasteiger partial charge is 0.337 e. The SMILES string of the molecule is CC1=C(Cn2cc(C(=O)O)c3cncnc32)CN=C(N2CC(C)C(F)(F)C2)N1. The van der Waals surface area contributed by atoms with Crippen LogP contribution in [0.4, 0.5) is 8.78 Å². The molecule has 2 aliphatic rings. The number of guanidine groups is 1. The monoisotopic (exact) mass is 390 g/mol. The number of alkyl halides is 2. The Morgan fingerprint density at radius 2 is 2.25 bits per heavy atom. The molecule has 2 aromatic rings. The minimum absolute atomic E-state index is 0.134. The molecule has 10 heteroatoms. The molecule has 0 spiro atoms. The fraction of sp³-hybridized carbons (Fsp3) is 0.444. The first-order chi connectivity index (χ1) is 13.3. The van der Waals surface area contributed by atoms with Gasteiger partial charge in [0.05, 0.1) is 24.0 Å². The first kappa shape index (κ1) is 18.3. The number of nitrogens with zero attached hydrogens (tertiary/aromatic N) is 5. The summed E-state index contributed by atoms with van der Waals surface area (Å²) in [6, 6.07) is 0. The standard InChI is InChI=1S/C18H20F2N6O2/c1-10-5-26(8-18(10,19)20)17-22-3-12(11(2)24-17)6-25-7-14(16(27)28)13-4-21-9-23-15(13)25/h4,7,9-10H,3,5-6,8H2,1-2H3,(H,22,24)(H,27,28). The van der Waals surface area contributed by atoms with Crippen molar-refractivity contribution in [3.63, 3.8) is 0 Å². The maximum Gasteiger partial charge on any atom is 0.337 e. The summed E-state index contributed by atoms with van der Waals surface area (Å²) in [7, 11) is 0. The minimum Gasteiger partial charge on any atom is -0.478 e. The number of fused-ring (bicyclic) bond motifs is 1. The van der Waals surface area contributed by atoms with Gasteiger partial charge in [0.2, 0.25) is 0 Å². The van der Waals surface area contributed by atoms with Crippen molar-refractivity contribution in [2.75, 3.05) is 19.6 Å². The van der Waals surface area contributed by atoms with Crippen molar-refractivity contribution in [3.05, 3.63) is 35.6 Å². The number of rotatable bonds is 3. The fourth-order valence-corrected chi connectivity index (χ4v) is 3.56. The third kappa shape index (κ3) is 3.08. The van der Waals surface area contributed by atoms with E-state index in [0.717, 1.165) is 11.3 Å². The lowest BCUT2D eigenvalue weighted by molar-refractivity contribution is -0.0183. The number of likely N-dealkylation sites (tertiary alicyclic amines) is 1. The van der Waals surface area contributed by atoms with Crippen molar-refractivity contribution in [3.8, 4) is 0 Å². The number of carbonyl (C=O) groups is 1. The van der Waals surface area contributed by atoms with Gasteiger partial charge in [-0.05, 0) is 12.5 Å². The van der Waals surface area contributed by atoms with Crippen LogP contribution in [0.1, 0.15) is 24.2 Å². The van der Waals surface area contributed by atoms with E-state index in [1.54, 1.807) is 9.47 Å². The van der Waals surface area contributed by atoms with Crippen molar-refractivity contribution in [1.29, 1.82) is 0 Å². The van der Waals surface area contributed by atoms with E-state index in [1.807, 2.05) is 6.92 Å². The molecule has 1 fully saturated rings. The van der Waals surface area contributed by atoms with Crippen molar-refractivity contribution in [2.24, 2.45) is 10.9 Å². The number of hydrogen-bond acceptors (Lipinski definition) is 6. The molecule has 0 aliphatic carbocycles. The Morgan fingerprint density at radius 3 is 2.89 bits per heavy atom. The molecule has 148 valence electrons. The lowest BCUT2D eigenvalue weighted by Gasteiger charge is -2.27. The topological polar surface area (TPSA) is 95.6 Å². The van der Waals surface area contributed by atoms with E-state index < -0.39 is 17.8 Å². The van der Waals surface area contributed by atoms with E-state index in [1.165, 1.54) is 25.6 Å². The van der Waals surface area contributed by atoms with Gasteiger partial charge >= 0.3 is 5.97 Å². The third-order valence-electron chi connectivity index (χ3n) is 5.30. The first-order valence-corrected chi connectivity index (χ1v) is 8.91. The van der Waals surface area contributed by atoms with Gasteiger partial charge in [-0.25, -0.2) is 28.5 Å². The van der Waals surface area contributed by atoms with Gasteiger partial charge in [0, 0.05) is 37.1 Å². The van der Waals surface area contributed by atoms with Gasteiger partial charge in [0.1, 0.15) is 12.0 Å². The van der Waals surface area contributed by atoms with Crippen LogP contribution in [-0.2, 0) is 6.54 Å². The largest absolute Gasteiger partial charge is 0.478 e. The number of aromatic carboxylic acids is 1. The second-order valence-corrected chi connectivity index (χ2v) is 7.27. The molecule has 28 heavy (non-hydrogen) atoms. The molecule has 4 heterocycles. The summed E-state index contributed by atoms with van der Waals surface area (Å²) in [5.74, 6) is -4.03. The van der Waals surface area contributed by atoms with Gasteiger partial charge in [0.15, 0.2) is 5.96 Å². The number of hydrogen-bond donors (Lipinski definition) is 2. The number of allylic oxidation sites excluding steroid dienone is 1. The zero-order valence-corrected chi connectivity index (χ0v) is 15.5. The maximum atomic E-state index is 13.8. The quantitative estimate of drug-likeness (QED) is 0.832. The van der Waals surface area contributed by atoms with Gasteiger partial charge in [0.25, 0.3) is 5.92 Å². The number of halogens is 2. The van der Waals surface area contributed by atoms with Crippen LogP contribution < -0.4 is 5.32 Å². The summed E-state index contributed by atoms with van der Waals surface area (Å²) in [6.45, 7) is 4.05. The molecule has 8 nitrogen and oxygen atoms in total. The zero-order valence-electron chi connectivity index (χ0n) is 15.5. The molecular formula is C18H20F2N6O2. The second kappa shape index (κ2) is 6.54. The van der Waals surface area contributed by atoms with E-state index in [-0.39, 0.29) is 18.7 Å². The lowest BCUT2D eigenvalue weighted by Crippen LogP contribution is -2.43. The molecular weight excluding hydrogens is 370 g/mol. The minimum atomic E-state index is -2.72. The molecule has 1 atom stereocenters. The Balaban J connectivity index is 1.55. The average Bonchev–Trinajstić information content (AvgIpc) is 3.14. The van der Waals surface area contributed by atoms with Gasteiger partial charge in [-0.1, -0.05) is 6.92 Å². The third-order valence-corrected chi connectivity index (χ3v) is 5.30. The van der Waals surface area contributed by atoms with Crippen molar-refractivity contribution < 1.29 is 18.7 Å². The lowest BCUT2D eigenvalue weighted by atomic mass is 10.1. The predicted octanol–water partition coefficient (Wildman–Crippen LogP) is 1.95. The highest BCUT2D eigenvalue weighted by Gasteiger charge is 2.46. The molecule has 0 aromatic carbocycles. The van der Waals surface area contributed by atoms with Crippen LogP contribution in [0.5, 0.6) is 0 Å². The second-order valence-electron chi connectivity index (χ2n) is 7.27. The van der Waals surface area contributed by atoms with Crippen LogP contribution in [0.15, 0.2) is 35.0 Å². The van der Waals surface area contributed by atoms with Crippen molar-refractivity contribution in [2.45, 2.75) is 26.3 Å². The molecule has 0 radical (unpaired) electrons. The maximum absolute atomic E-state index is 13.8. The fourth-order valence-electron chi connectivity index (χ4n) is 3.56. The van der Waals surface area contributed by atoms with Crippen LogP contribution in [-0.4, -0.2) is 62.0 Å². The summed E-state index contributed by atoms with van der Waals surface area (Å²) in [4.78, 5) is 25.6. The zero-order chi connectivity index (χ0) is 20.1. The highest BCUT2D eigenvalue weighted by atomic mass is 19.3. The molecule has 1 unspecified atom stereocenters. The molecule has 2 aromatic heterocycles. The van der Waals surface area contributed by atoms with Gasteiger partial charge in [-0.3, -0.25) is 0 Å². The van der Waals surface area contributed by atoms with Gasteiger partial charge in [-0.2, -0.15) is 0 Å². The molecule has 2 N–H and O–H groups in total. The molecule has 0 amide bonds. The Hall–Kier alpha value is -3.04. The van der Waals surface area contributed by atoms with E-state index in [2.05, 4.69) is 20.3 Å². The van der Waals surface area contributed by atoms with E-state index >= 15 is 0 Å². The average molecular weight is 390 g/mol. The highest BCUT2D eigenvalue weighted by Crippen LogP contribution is 2.33. The van der Waals surface area contributed by atoms with Crippen LogP contribution in [0, 0.1) is 5.92 Å². The summed E-state index contributed by atoms with van der Waals surface area (Å²) in [5.41, 5.74) is 2.40. The van der Waals surface area contributed by atoms with Gasteiger partial charge in [-0.15, -0.1) is 0 Å². The van der Waals surface area contributed by atoms with E-state index in [4.69, 9.17) is 0 Å². The van der Waals surface area contributed by atoms with E-state index in [0.29, 0.717) is 30.1 Å². The highest BCUT2D eigenvalue weighted by molar-refractivity contribution is 6.02. The van der Waals surface area contributed by atoms with Crippen LogP contribution in [0.2, 0.25) is 0 Å². The number of carboxylic acids is 1. The molecule has 4 rings (SSSR count). The number of carboxylic acid groups (broad SMARTS) is 1. The van der Waals surface area contributed by atoms with Crippen LogP contribution >= 0.6 is 0 Å².